The second kappa shape index (κ2) is 24.8. The molecule has 2 aromatic rings. The first kappa shape index (κ1) is 40.4. The highest BCUT2D eigenvalue weighted by Gasteiger charge is 2.25. The van der Waals surface area contributed by atoms with E-state index < -0.39 is 11.9 Å². The lowest BCUT2D eigenvalue weighted by molar-refractivity contribution is -0.234. The summed E-state index contributed by atoms with van der Waals surface area (Å²) in [6.45, 7) is 7.06. The van der Waals surface area contributed by atoms with Crippen molar-refractivity contribution in [3.8, 4) is 0 Å². The minimum Gasteiger partial charge on any atom is -0.304 e. The lowest BCUT2D eigenvalue weighted by Crippen LogP contribution is -2.22. The molecule has 0 aliphatic heterocycles. The van der Waals surface area contributed by atoms with E-state index in [1.54, 1.807) is 36.4 Å². The molecule has 0 aromatic heterocycles. The van der Waals surface area contributed by atoms with Gasteiger partial charge < -0.3 is 14.7 Å². The standard InChI is InChI=1S/C11H11ClO3.C11H11FO3.C10H20.CH2O3/c2*12-10-7-5-9(6-8-10)3-1-2-4-11(13)15-14;1-10(2,3)9-7-5-4-6-8-9;2-1-4-3/h2*1,3,5-8,14H,2,4H2;9H,4-8H2,1-3H3;1,3H/b2*3-1+;;. The molecule has 0 heterocycles. The van der Waals surface area contributed by atoms with E-state index in [2.05, 4.69) is 35.4 Å². The zero-order chi connectivity index (χ0) is 33.2. The molecule has 2 aromatic carbocycles. The Morgan fingerprint density at radius 2 is 1.23 bits per heavy atom. The van der Waals surface area contributed by atoms with Crippen LogP contribution in [0, 0.1) is 17.2 Å². The van der Waals surface area contributed by atoms with Gasteiger partial charge in [-0.25, -0.2) is 19.2 Å². The van der Waals surface area contributed by atoms with E-state index in [0.717, 1.165) is 17.0 Å². The number of halogens is 2. The summed E-state index contributed by atoms with van der Waals surface area (Å²) in [5, 5.41) is 23.7. The SMILES string of the molecule is CC(C)(C)C1CCCCC1.O=C(CC/C=C/c1ccc(Cl)cc1)OO.O=C(CC/C=C/c1ccc(F)cc1)OO.O=COO. The van der Waals surface area contributed by atoms with Crippen LogP contribution in [0.3, 0.4) is 0 Å². The van der Waals surface area contributed by atoms with Crippen LogP contribution < -0.4 is 0 Å². The van der Waals surface area contributed by atoms with Crippen molar-refractivity contribution in [1.29, 1.82) is 0 Å². The first-order valence-electron chi connectivity index (χ1n) is 14.2. The molecule has 0 saturated heterocycles. The Kier molecular flexibility index (Phi) is 22.8. The summed E-state index contributed by atoms with van der Waals surface area (Å²) in [6.07, 6.45) is 15.9. The predicted molar refractivity (Wildman–Crippen MR) is 168 cm³/mol. The van der Waals surface area contributed by atoms with Gasteiger partial charge in [-0.05, 0) is 72.4 Å². The van der Waals surface area contributed by atoms with E-state index in [9.17, 15) is 14.0 Å². The number of carbonyl (C=O) groups is 3. The molecular weight excluding hydrogens is 595 g/mol. The van der Waals surface area contributed by atoms with Gasteiger partial charge in [0.15, 0.2) is 0 Å². The highest BCUT2D eigenvalue weighted by Crippen LogP contribution is 2.37. The third-order valence-electron chi connectivity index (χ3n) is 6.47. The third-order valence-corrected chi connectivity index (χ3v) is 6.72. The topological polar surface area (TPSA) is 140 Å². The van der Waals surface area contributed by atoms with Gasteiger partial charge in [-0.1, -0.05) is 100 Å². The maximum Gasteiger partial charge on any atom is 0.342 e. The maximum atomic E-state index is 12.5. The normalized spacial score (nSPS) is 12.9. The van der Waals surface area contributed by atoms with E-state index in [0.29, 0.717) is 23.3 Å². The Balaban J connectivity index is 0.000000604. The first-order chi connectivity index (χ1) is 21.0. The van der Waals surface area contributed by atoms with E-state index in [1.807, 2.05) is 24.3 Å². The number of carbonyl (C=O) groups excluding carboxylic acids is 3. The van der Waals surface area contributed by atoms with Gasteiger partial charge in [0, 0.05) is 5.02 Å². The van der Waals surface area contributed by atoms with Gasteiger partial charge in [0.1, 0.15) is 5.82 Å². The molecule has 0 bridgehead atoms. The summed E-state index contributed by atoms with van der Waals surface area (Å²) in [7, 11) is 0. The molecule has 44 heavy (non-hydrogen) atoms. The summed E-state index contributed by atoms with van der Waals surface area (Å²) in [6, 6.07) is 13.3. The highest BCUT2D eigenvalue weighted by molar-refractivity contribution is 6.30. The average molecular weight is 639 g/mol. The van der Waals surface area contributed by atoms with Gasteiger partial charge in [-0.2, -0.15) is 10.5 Å². The number of rotatable bonds is 9. The number of hydrogen-bond acceptors (Lipinski definition) is 9. The molecule has 11 heteroatoms. The molecule has 1 fully saturated rings. The summed E-state index contributed by atoms with van der Waals surface area (Å²) >= 11 is 5.72. The van der Waals surface area contributed by atoms with Crippen LogP contribution in [-0.4, -0.2) is 34.2 Å². The van der Waals surface area contributed by atoms with Crippen molar-refractivity contribution >= 4 is 42.2 Å². The average Bonchev–Trinajstić information content (AvgIpc) is 3.03. The van der Waals surface area contributed by atoms with E-state index in [-0.39, 0.29) is 25.1 Å². The van der Waals surface area contributed by atoms with E-state index in [1.165, 1.54) is 44.2 Å². The van der Waals surface area contributed by atoms with Crippen molar-refractivity contribution in [2.45, 2.75) is 78.6 Å². The Morgan fingerprint density at radius 1 is 0.818 bits per heavy atom. The van der Waals surface area contributed by atoms with Crippen LogP contribution >= 0.6 is 11.6 Å². The summed E-state index contributed by atoms with van der Waals surface area (Å²) < 4.78 is 12.5. The minimum absolute atomic E-state index is 0.0694. The van der Waals surface area contributed by atoms with Gasteiger partial charge in [-0.15, -0.1) is 0 Å². The Bertz CT molecular complexity index is 1030. The van der Waals surface area contributed by atoms with E-state index in [4.69, 9.17) is 32.2 Å². The van der Waals surface area contributed by atoms with Crippen molar-refractivity contribution in [1.82, 2.24) is 0 Å². The van der Waals surface area contributed by atoms with Gasteiger partial charge in [0.2, 0.25) is 0 Å². The molecule has 1 saturated carbocycles. The fourth-order valence-corrected chi connectivity index (χ4v) is 4.17. The van der Waals surface area contributed by atoms with Crippen LogP contribution in [-0.2, 0) is 29.0 Å². The van der Waals surface area contributed by atoms with Crippen LogP contribution in [0.5, 0.6) is 0 Å². The first-order valence-corrected chi connectivity index (χ1v) is 14.6. The highest BCUT2D eigenvalue weighted by atomic mass is 35.5. The van der Waals surface area contributed by atoms with Crippen molar-refractivity contribution in [3.05, 3.63) is 82.6 Å². The summed E-state index contributed by atoms with van der Waals surface area (Å²) in [5.74, 6) is -0.577. The second-order valence-corrected chi connectivity index (χ2v) is 11.3. The Labute approximate surface area is 263 Å². The zero-order valence-corrected chi connectivity index (χ0v) is 26.2. The number of hydrogen-bond donors (Lipinski definition) is 3. The molecular formula is C33H44ClFO9. The van der Waals surface area contributed by atoms with Gasteiger partial charge in [-0.3, -0.25) is 4.79 Å². The molecule has 1 aliphatic carbocycles. The minimum atomic E-state index is -0.668. The Hall–Kier alpha value is -3.57. The molecule has 9 nitrogen and oxygen atoms in total. The van der Waals surface area contributed by atoms with Crippen LogP contribution in [0.1, 0.15) is 89.7 Å². The largest absolute Gasteiger partial charge is 0.342 e. The van der Waals surface area contributed by atoms with Crippen LogP contribution in [0.2, 0.25) is 5.02 Å². The zero-order valence-electron chi connectivity index (χ0n) is 25.5. The molecule has 0 spiro atoms. The van der Waals surface area contributed by atoms with E-state index >= 15 is 0 Å². The van der Waals surface area contributed by atoms with Crippen LogP contribution in [0.25, 0.3) is 12.2 Å². The molecule has 1 aliphatic rings. The molecule has 0 atom stereocenters. The smallest absolute Gasteiger partial charge is 0.304 e. The predicted octanol–water partition coefficient (Wildman–Crippen LogP) is 9.03. The lowest BCUT2D eigenvalue weighted by Gasteiger charge is -2.33. The van der Waals surface area contributed by atoms with Gasteiger partial charge in [0.25, 0.3) is 0 Å². The van der Waals surface area contributed by atoms with Crippen molar-refractivity contribution in [3.63, 3.8) is 0 Å². The quantitative estimate of drug-likeness (QED) is 0.106. The number of benzene rings is 2. The van der Waals surface area contributed by atoms with Crippen molar-refractivity contribution in [2.75, 3.05) is 0 Å². The second-order valence-electron chi connectivity index (χ2n) is 10.8. The van der Waals surface area contributed by atoms with Crippen LogP contribution in [0.4, 0.5) is 4.39 Å². The summed E-state index contributed by atoms with van der Waals surface area (Å²) in [4.78, 5) is 39.6. The Morgan fingerprint density at radius 3 is 1.57 bits per heavy atom. The fraction of sp³-hybridized carbons (Fsp3) is 0.424. The molecule has 0 amide bonds. The number of allylic oxidation sites excluding steroid dienone is 2. The van der Waals surface area contributed by atoms with Gasteiger partial charge in [0.05, 0.1) is 12.8 Å². The van der Waals surface area contributed by atoms with Crippen LogP contribution in [0.15, 0.2) is 60.7 Å². The molecule has 3 N–H and O–H groups in total. The monoisotopic (exact) mass is 638 g/mol. The molecule has 244 valence electrons. The third kappa shape index (κ3) is 22.0. The lowest BCUT2D eigenvalue weighted by atomic mass is 9.72. The molecule has 0 unspecified atom stereocenters. The maximum absolute atomic E-state index is 12.5. The van der Waals surface area contributed by atoms with Crippen molar-refractivity contribution < 1.29 is 49.2 Å². The molecule has 0 radical (unpaired) electrons. The van der Waals surface area contributed by atoms with Crippen molar-refractivity contribution in [2.24, 2.45) is 11.3 Å². The molecule has 3 rings (SSSR count). The fourth-order valence-electron chi connectivity index (χ4n) is 4.05. The summed E-state index contributed by atoms with van der Waals surface area (Å²) in [5.41, 5.74) is 2.44. The van der Waals surface area contributed by atoms with Gasteiger partial charge >= 0.3 is 18.4 Å².